The molecule has 1 aromatic heterocycles. The fraction of sp³-hybridized carbons (Fsp3) is 0.333. The van der Waals surface area contributed by atoms with E-state index >= 15 is 0 Å². The van der Waals surface area contributed by atoms with Crippen LogP contribution in [0.2, 0.25) is 0 Å². The van der Waals surface area contributed by atoms with E-state index in [0.717, 1.165) is 13.0 Å². The maximum atomic E-state index is 5.90. The molecule has 1 heterocycles. The van der Waals surface area contributed by atoms with Gasteiger partial charge < -0.3 is 5.73 Å². The summed E-state index contributed by atoms with van der Waals surface area (Å²) >= 11 is 5.31. The molecule has 3 heteroatoms. The van der Waals surface area contributed by atoms with E-state index in [1.165, 1.54) is 33.3 Å². The summed E-state index contributed by atoms with van der Waals surface area (Å²) in [7, 11) is 0. The first kappa shape index (κ1) is 12.4. The van der Waals surface area contributed by atoms with Crippen LogP contribution < -0.4 is 5.73 Å². The third-order valence-electron chi connectivity index (χ3n) is 3.78. The molecule has 1 nitrogen and oxygen atoms in total. The van der Waals surface area contributed by atoms with Crippen LogP contribution in [0.1, 0.15) is 28.8 Å². The Hall–Kier alpha value is -0.640. The van der Waals surface area contributed by atoms with Crippen molar-refractivity contribution in [3.8, 4) is 0 Å². The number of thiophene rings is 1. The first-order valence-electron chi connectivity index (χ1n) is 6.24. The molecular weight excluding hydrogens is 306 g/mol. The van der Waals surface area contributed by atoms with Crippen molar-refractivity contribution in [1.29, 1.82) is 0 Å². The van der Waals surface area contributed by atoms with Gasteiger partial charge in [-0.1, -0.05) is 24.3 Å². The third-order valence-corrected chi connectivity index (χ3v) is 5.48. The van der Waals surface area contributed by atoms with Crippen LogP contribution >= 0.6 is 27.3 Å². The maximum absolute atomic E-state index is 5.90. The van der Waals surface area contributed by atoms with Gasteiger partial charge in [-0.3, -0.25) is 0 Å². The molecule has 1 fully saturated rings. The fourth-order valence-corrected chi connectivity index (χ4v) is 3.91. The van der Waals surface area contributed by atoms with Crippen molar-refractivity contribution >= 4 is 27.3 Å². The van der Waals surface area contributed by atoms with Crippen molar-refractivity contribution in [2.45, 2.75) is 24.7 Å². The zero-order valence-electron chi connectivity index (χ0n) is 10.2. The van der Waals surface area contributed by atoms with Crippen molar-refractivity contribution in [2.24, 2.45) is 5.73 Å². The average molecular weight is 322 g/mol. The molecule has 94 valence electrons. The van der Waals surface area contributed by atoms with Crippen molar-refractivity contribution in [2.75, 3.05) is 6.54 Å². The summed E-state index contributed by atoms with van der Waals surface area (Å²) in [4.78, 5) is 1.40. The summed E-state index contributed by atoms with van der Waals surface area (Å²) in [6, 6.07) is 11.2. The normalized spacial score (nSPS) is 16.8. The molecule has 1 aromatic carbocycles. The van der Waals surface area contributed by atoms with Crippen LogP contribution in [-0.4, -0.2) is 6.54 Å². The minimum atomic E-state index is 0.298. The van der Waals surface area contributed by atoms with Gasteiger partial charge in [0.05, 0.1) is 0 Å². The first-order valence-corrected chi connectivity index (χ1v) is 7.91. The van der Waals surface area contributed by atoms with Gasteiger partial charge >= 0.3 is 0 Å². The minimum Gasteiger partial charge on any atom is -0.330 e. The smallest absolute Gasteiger partial charge is 0.0285 e. The van der Waals surface area contributed by atoms with E-state index in [0.29, 0.717) is 5.41 Å². The van der Waals surface area contributed by atoms with E-state index in [4.69, 9.17) is 5.73 Å². The molecular formula is C15H16BrNS. The summed E-state index contributed by atoms with van der Waals surface area (Å²) in [5.74, 6) is 0. The van der Waals surface area contributed by atoms with Crippen molar-refractivity contribution in [3.05, 3.63) is 56.2 Å². The van der Waals surface area contributed by atoms with Crippen LogP contribution in [0.3, 0.4) is 0 Å². The zero-order chi connectivity index (χ0) is 12.6. The molecule has 0 unspecified atom stereocenters. The van der Waals surface area contributed by atoms with Gasteiger partial charge in [-0.2, -0.15) is 0 Å². The van der Waals surface area contributed by atoms with Gasteiger partial charge in [0.2, 0.25) is 0 Å². The monoisotopic (exact) mass is 321 g/mol. The number of benzene rings is 1. The molecule has 18 heavy (non-hydrogen) atoms. The Labute approximate surface area is 120 Å². The van der Waals surface area contributed by atoms with Gasteiger partial charge in [0.25, 0.3) is 0 Å². The highest BCUT2D eigenvalue weighted by Gasteiger charge is 2.42. The summed E-state index contributed by atoms with van der Waals surface area (Å²) in [5, 5.41) is 2.14. The molecule has 1 aliphatic carbocycles. The molecule has 0 spiro atoms. The second kappa shape index (κ2) is 4.80. The highest BCUT2D eigenvalue weighted by Crippen LogP contribution is 2.47. The Morgan fingerprint density at radius 1 is 1.28 bits per heavy atom. The number of nitrogens with two attached hydrogens (primary N) is 1. The zero-order valence-corrected chi connectivity index (χ0v) is 12.6. The molecule has 0 atom stereocenters. The summed E-state index contributed by atoms with van der Waals surface area (Å²) in [5.41, 5.74) is 9.02. The van der Waals surface area contributed by atoms with E-state index in [1.807, 2.05) is 11.3 Å². The van der Waals surface area contributed by atoms with Gasteiger partial charge in [-0.05, 0) is 46.0 Å². The summed E-state index contributed by atoms with van der Waals surface area (Å²) < 4.78 is 1.18. The molecule has 0 bridgehead atoms. The highest BCUT2D eigenvalue weighted by molar-refractivity contribution is 9.10. The van der Waals surface area contributed by atoms with Crippen LogP contribution in [0.4, 0.5) is 0 Å². The molecule has 3 rings (SSSR count). The molecule has 1 saturated carbocycles. The molecule has 2 N–H and O–H groups in total. The second-order valence-corrected chi connectivity index (χ2v) is 7.00. The molecule has 1 aliphatic rings. The van der Waals surface area contributed by atoms with Gasteiger partial charge in [0.1, 0.15) is 0 Å². The predicted molar refractivity (Wildman–Crippen MR) is 81.2 cm³/mol. The van der Waals surface area contributed by atoms with Crippen LogP contribution in [0, 0.1) is 0 Å². The maximum Gasteiger partial charge on any atom is 0.0285 e. The Balaban J connectivity index is 1.83. The summed E-state index contributed by atoms with van der Waals surface area (Å²) in [6.07, 6.45) is 3.51. The molecule has 0 amide bonds. The Morgan fingerprint density at radius 2 is 2.11 bits per heavy atom. The van der Waals surface area contributed by atoms with Crippen LogP contribution in [0.15, 0.2) is 40.2 Å². The number of halogens is 1. The fourth-order valence-electron chi connectivity index (χ4n) is 2.42. The first-order chi connectivity index (χ1) is 8.72. The largest absolute Gasteiger partial charge is 0.330 e. The van der Waals surface area contributed by atoms with E-state index < -0.39 is 0 Å². The van der Waals surface area contributed by atoms with E-state index in [9.17, 15) is 0 Å². The van der Waals surface area contributed by atoms with Gasteiger partial charge in [-0.15, -0.1) is 11.3 Å². The number of hydrogen-bond acceptors (Lipinski definition) is 2. The second-order valence-electron chi connectivity index (χ2n) is 5.09. The quantitative estimate of drug-likeness (QED) is 0.901. The Kier molecular flexibility index (Phi) is 3.31. The number of rotatable bonds is 4. The minimum absolute atomic E-state index is 0.298. The van der Waals surface area contributed by atoms with E-state index in [2.05, 4.69) is 51.6 Å². The third kappa shape index (κ3) is 2.40. The topological polar surface area (TPSA) is 26.0 Å². The van der Waals surface area contributed by atoms with Crippen molar-refractivity contribution < 1.29 is 0 Å². The molecule has 0 aliphatic heterocycles. The lowest BCUT2D eigenvalue weighted by Gasteiger charge is -2.13. The van der Waals surface area contributed by atoms with Crippen LogP contribution in [0.5, 0.6) is 0 Å². The van der Waals surface area contributed by atoms with Crippen LogP contribution in [0.25, 0.3) is 0 Å². The molecule has 2 aromatic rings. The van der Waals surface area contributed by atoms with Gasteiger partial charge in [0.15, 0.2) is 0 Å². The average Bonchev–Trinajstić information content (AvgIpc) is 3.09. The summed E-state index contributed by atoms with van der Waals surface area (Å²) in [6.45, 7) is 0.779. The Morgan fingerprint density at radius 3 is 2.72 bits per heavy atom. The standard InChI is InChI=1S/C15H16BrNS/c16-13-8-14(18-9-13)7-11-2-1-3-12(6-11)15(10-17)4-5-15/h1-3,6,8-9H,4-5,7,10,17H2. The molecule has 0 radical (unpaired) electrons. The molecule has 0 saturated heterocycles. The predicted octanol–water partition coefficient (Wildman–Crippen LogP) is 4.09. The van der Waals surface area contributed by atoms with E-state index in [1.54, 1.807) is 0 Å². The lowest BCUT2D eigenvalue weighted by atomic mass is 9.94. The van der Waals surface area contributed by atoms with Crippen molar-refractivity contribution in [1.82, 2.24) is 0 Å². The highest BCUT2D eigenvalue weighted by atomic mass is 79.9. The number of hydrogen-bond donors (Lipinski definition) is 1. The SMILES string of the molecule is NCC1(c2cccc(Cc3cc(Br)cs3)c2)CC1. The Bertz CT molecular complexity index is 557. The lowest BCUT2D eigenvalue weighted by Crippen LogP contribution is -2.19. The lowest BCUT2D eigenvalue weighted by molar-refractivity contribution is 0.703. The van der Waals surface area contributed by atoms with Crippen LogP contribution in [-0.2, 0) is 11.8 Å². The van der Waals surface area contributed by atoms with Gasteiger partial charge in [0, 0.05) is 33.1 Å². The van der Waals surface area contributed by atoms with E-state index in [-0.39, 0.29) is 0 Å². The van der Waals surface area contributed by atoms with Crippen molar-refractivity contribution in [3.63, 3.8) is 0 Å². The van der Waals surface area contributed by atoms with Gasteiger partial charge in [-0.25, -0.2) is 0 Å².